The summed E-state index contributed by atoms with van der Waals surface area (Å²) in [5, 5.41) is 0. The third-order valence-corrected chi connectivity index (χ3v) is 2.78. The van der Waals surface area contributed by atoms with Gasteiger partial charge in [-0.2, -0.15) is 0 Å². The van der Waals surface area contributed by atoms with Gasteiger partial charge >= 0.3 is 5.97 Å². The molecule has 1 fully saturated rings. The monoisotopic (exact) mass is 242 g/mol. The lowest BCUT2D eigenvalue weighted by molar-refractivity contribution is -0.184. The van der Waals surface area contributed by atoms with Crippen molar-refractivity contribution in [2.45, 2.75) is 51.9 Å². The van der Waals surface area contributed by atoms with Gasteiger partial charge in [-0.1, -0.05) is 13.5 Å². The van der Waals surface area contributed by atoms with Crippen molar-refractivity contribution < 1.29 is 19.0 Å². The Morgan fingerprint density at radius 3 is 2.65 bits per heavy atom. The number of rotatable bonds is 6. The second-order valence-corrected chi connectivity index (χ2v) is 4.21. The minimum atomic E-state index is -0.268. The highest BCUT2D eigenvalue weighted by Gasteiger charge is 2.20. The van der Waals surface area contributed by atoms with Crippen molar-refractivity contribution in [2.75, 3.05) is 13.2 Å². The molecule has 4 heteroatoms. The first-order valence-electron chi connectivity index (χ1n) is 6.21. The zero-order valence-corrected chi connectivity index (χ0v) is 10.7. The first kappa shape index (κ1) is 14.2. The Bertz CT molecular complexity index is 256. The van der Waals surface area contributed by atoms with Gasteiger partial charge in [0, 0.05) is 13.3 Å². The predicted molar refractivity (Wildman–Crippen MR) is 64.5 cm³/mol. The van der Waals surface area contributed by atoms with Gasteiger partial charge in [0.2, 0.25) is 0 Å². The first-order chi connectivity index (χ1) is 8.13. The van der Waals surface area contributed by atoms with Gasteiger partial charge in [0.15, 0.2) is 6.29 Å². The van der Waals surface area contributed by atoms with E-state index in [2.05, 4.69) is 6.58 Å². The summed E-state index contributed by atoms with van der Waals surface area (Å²) in [5.74, 6) is -0.268. The zero-order chi connectivity index (χ0) is 12.7. The van der Waals surface area contributed by atoms with Crippen LogP contribution in [0.4, 0.5) is 0 Å². The van der Waals surface area contributed by atoms with E-state index in [-0.39, 0.29) is 18.4 Å². The van der Waals surface area contributed by atoms with Gasteiger partial charge in [0.25, 0.3) is 0 Å². The van der Waals surface area contributed by atoms with Crippen molar-refractivity contribution in [3.63, 3.8) is 0 Å². The van der Waals surface area contributed by atoms with E-state index in [1.54, 1.807) is 0 Å². The van der Waals surface area contributed by atoms with E-state index >= 15 is 0 Å². The smallest absolute Gasteiger partial charge is 0.303 e. The molecule has 1 aliphatic rings. The van der Waals surface area contributed by atoms with E-state index in [4.69, 9.17) is 14.2 Å². The molecule has 1 unspecified atom stereocenters. The lowest BCUT2D eigenvalue weighted by Gasteiger charge is -2.25. The standard InChI is InChI=1S/C13H22O4/c1-4-10(2)12(17-11(3)14)6-7-13-15-8-5-9-16-13/h12-13H,2,4-9H2,1,3H3. The van der Waals surface area contributed by atoms with Crippen LogP contribution in [-0.2, 0) is 19.0 Å². The van der Waals surface area contributed by atoms with Crippen LogP contribution in [0.2, 0.25) is 0 Å². The molecular formula is C13H22O4. The Morgan fingerprint density at radius 1 is 1.47 bits per heavy atom. The lowest BCUT2D eigenvalue weighted by atomic mass is 10.0. The van der Waals surface area contributed by atoms with Crippen LogP contribution in [0.15, 0.2) is 12.2 Å². The minimum Gasteiger partial charge on any atom is -0.458 e. The van der Waals surface area contributed by atoms with Gasteiger partial charge in [-0.05, 0) is 24.8 Å². The van der Waals surface area contributed by atoms with E-state index in [0.717, 1.165) is 38.0 Å². The van der Waals surface area contributed by atoms with Crippen LogP contribution in [0.1, 0.15) is 39.5 Å². The van der Waals surface area contributed by atoms with Crippen LogP contribution >= 0.6 is 0 Å². The van der Waals surface area contributed by atoms with Gasteiger partial charge in [0.05, 0.1) is 13.2 Å². The average Bonchev–Trinajstić information content (AvgIpc) is 2.34. The number of hydrogen-bond acceptors (Lipinski definition) is 4. The fourth-order valence-corrected chi connectivity index (χ4v) is 1.77. The van der Waals surface area contributed by atoms with Crippen molar-refractivity contribution in [2.24, 2.45) is 0 Å². The van der Waals surface area contributed by atoms with Gasteiger partial charge in [0.1, 0.15) is 6.10 Å². The van der Waals surface area contributed by atoms with Gasteiger partial charge in [-0.15, -0.1) is 0 Å². The molecule has 0 spiro atoms. The average molecular weight is 242 g/mol. The van der Waals surface area contributed by atoms with E-state index in [9.17, 15) is 4.79 Å². The number of ether oxygens (including phenoxy) is 3. The number of carbonyl (C=O) groups is 1. The zero-order valence-electron chi connectivity index (χ0n) is 10.7. The summed E-state index contributed by atoms with van der Waals surface area (Å²) >= 11 is 0. The molecule has 4 nitrogen and oxygen atoms in total. The molecule has 0 aromatic heterocycles. The Morgan fingerprint density at radius 2 is 2.12 bits per heavy atom. The Hall–Kier alpha value is -0.870. The summed E-state index contributed by atoms with van der Waals surface area (Å²) in [6.45, 7) is 8.85. The number of hydrogen-bond donors (Lipinski definition) is 0. The third kappa shape index (κ3) is 5.33. The molecule has 1 aliphatic heterocycles. The highest BCUT2D eigenvalue weighted by atomic mass is 16.7. The van der Waals surface area contributed by atoms with Crippen molar-refractivity contribution in [3.05, 3.63) is 12.2 Å². The molecule has 98 valence electrons. The number of esters is 1. The Balaban J connectivity index is 2.36. The highest BCUT2D eigenvalue weighted by Crippen LogP contribution is 2.19. The third-order valence-electron chi connectivity index (χ3n) is 2.78. The second-order valence-electron chi connectivity index (χ2n) is 4.21. The van der Waals surface area contributed by atoms with E-state index in [1.165, 1.54) is 6.92 Å². The highest BCUT2D eigenvalue weighted by molar-refractivity contribution is 5.66. The molecule has 17 heavy (non-hydrogen) atoms. The molecule has 1 saturated heterocycles. The van der Waals surface area contributed by atoms with Crippen molar-refractivity contribution in [1.29, 1.82) is 0 Å². The molecule has 0 radical (unpaired) electrons. The largest absolute Gasteiger partial charge is 0.458 e. The summed E-state index contributed by atoms with van der Waals surface area (Å²) in [6, 6.07) is 0. The fraction of sp³-hybridized carbons (Fsp3) is 0.769. The molecular weight excluding hydrogens is 220 g/mol. The molecule has 0 N–H and O–H groups in total. The van der Waals surface area contributed by atoms with E-state index in [1.807, 2.05) is 6.92 Å². The Kier molecular flexibility index (Phi) is 6.22. The Labute approximate surface area is 103 Å². The topological polar surface area (TPSA) is 44.8 Å². The first-order valence-corrected chi connectivity index (χ1v) is 6.21. The quantitative estimate of drug-likeness (QED) is 0.530. The van der Waals surface area contributed by atoms with E-state index < -0.39 is 0 Å². The molecule has 0 aliphatic carbocycles. The molecule has 0 bridgehead atoms. The summed E-state index contributed by atoms with van der Waals surface area (Å²) in [5.41, 5.74) is 0.941. The predicted octanol–water partition coefficient (Wildman–Crippen LogP) is 2.43. The van der Waals surface area contributed by atoms with Crippen molar-refractivity contribution in [3.8, 4) is 0 Å². The maximum Gasteiger partial charge on any atom is 0.303 e. The van der Waals surface area contributed by atoms with Crippen molar-refractivity contribution >= 4 is 5.97 Å². The summed E-state index contributed by atoms with van der Waals surface area (Å²) in [7, 11) is 0. The van der Waals surface area contributed by atoms with Crippen LogP contribution in [0.3, 0.4) is 0 Å². The molecule has 1 heterocycles. The SMILES string of the molecule is C=C(CC)C(CCC1OCCCO1)OC(C)=O. The molecule has 0 aromatic rings. The molecule has 1 atom stereocenters. The van der Waals surface area contributed by atoms with Crippen molar-refractivity contribution in [1.82, 2.24) is 0 Å². The second kappa shape index (κ2) is 7.45. The molecule has 0 saturated carbocycles. The van der Waals surface area contributed by atoms with Crippen LogP contribution in [0.5, 0.6) is 0 Å². The van der Waals surface area contributed by atoms with Crippen LogP contribution in [0.25, 0.3) is 0 Å². The lowest BCUT2D eigenvalue weighted by Crippen LogP contribution is -2.27. The summed E-state index contributed by atoms with van der Waals surface area (Å²) < 4.78 is 16.2. The van der Waals surface area contributed by atoms with Gasteiger partial charge in [-0.3, -0.25) is 4.79 Å². The summed E-state index contributed by atoms with van der Waals surface area (Å²) in [6.07, 6.45) is 2.82. The summed E-state index contributed by atoms with van der Waals surface area (Å²) in [4.78, 5) is 11.0. The fourth-order valence-electron chi connectivity index (χ4n) is 1.77. The minimum absolute atomic E-state index is 0.161. The van der Waals surface area contributed by atoms with Crippen LogP contribution in [0, 0.1) is 0 Å². The van der Waals surface area contributed by atoms with E-state index in [0.29, 0.717) is 6.42 Å². The number of carbonyl (C=O) groups excluding carboxylic acids is 1. The van der Waals surface area contributed by atoms with Crippen LogP contribution in [-0.4, -0.2) is 31.6 Å². The van der Waals surface area contributed by atoms with Gasteiger partial charge < -0.3 is 14.2 Å². The maximum absolute atomic E-state index is 11.0. The molecule has 0 amide bonds. The normalized spacial score (nSPS) is 18.7. The van der Waals surface area contributed by atoms with Gasteiger partial charge in [-0.25, -0.2) is 0 Å². The molecule has 1 rings (SSSR count). The molecule has 0 aromatic carbocycles. The maximum atomic E-state index is 11.0. The van der Waals surface area contributed by atoms with Crippen LogP contribution < -0.4 is 0 Å².